The van der Waals surface area contributed by atoms with Crippen LogP contribution in [0.15, 0.2) is 42.6 Å². The molecule has 0 bridgehead atoms. The van der Waals surface area contributed by atoms with E-state index in [1.807, 2.05) is 30.3 Å². The Morgan fingerprint density at radius 1 is 1.21 bits per heavy atom. The van der Waals surface area contributed by atoms with E-state index in [9.17, 15) is 9.59 Å². The zero-order valence-corrected chi connectivity index (χ0v) is 10.4. The molecule has 0 atom stereocenters. The minimum Gasteiger partial charge on any atom is -0.426 e. The van der Waals surface area contributed by atoms with Gasteiger partial charge in [-0.25, -0.2) is 0 Å². The van der Waals surface area contributed by atoms with Gasteiger partial charge in [-0.2, -0.15) is 0 Å². The molecule has 0 aliphatic heterocycles. The van der Waals surface area contributed by atoms with Gasteiger partial charge in [0.25, 0.3) is 0 Å². The maximum Gasteiger partial charge on any atom is 0.308 e. The molecule has 1 N–H and O–H groups in total. The Hall–Kier alpha value is -2.62. The van der Waals surface area contributed by atoms with Crippen LogP contribution in [0, 0.1) is 0 Å². The maximum absolute atomic E-state index is 11.1. The van der Waals surface area contributed by atoms with E-state index in [0.29, 0.717) is 12.2 Å². The molecule has 0 fully saturated rings. The molecular weight excluding hydrogens is 242 g/mol. The van der Waals surface area contributed by atoms with Gasteiger partial charge in [-0.3, -0.25) is 9.59 Å². The third kappa shape index (κ3) is 2.98. The number of amides is 1. The second-order valence-electron chi connectivity index (χ2n) is 3.91. The average Bonchev–Trinajstić information content (AvgIpc) is 2.40. The van der Waals surface area contributed by atoms with Crippen molar-refractivity contribution in [2.45, 2.75) is 6.92 Å². The van der Waals surface area contributed by atoms with Crippen molar-refractivity contribution in [2.75, 3.05) is 0 Å². The molecule has 0 aliphatic rings. The molecule has 2 aromatic carbocycles. The molecule has 0 unspecified atom stereocenters. The SMILES string of the molecule is CC(=O)Oc1ccc2ccccc2c1/C=C/NC=O. The van der Waals surface area contributed by atoms with Gasteiger partial charge in [0.2, 0.25) is 6.41 Å². The molecule has 19 heavy (non-hydrogen) atoms. The number of fused-ring (bicyclic) bond motifs is 1. The van der Waals surface area contributed by atoms with Gasteiger partial charge in [0.15, 0.2) is 0 Å². The first-order chi connectivity index (χ1) is 9.22. The summed E-state index contributed by atoms with van der Waals surface area (Å²) in [6.45, 7) is 1.35. The molecule has 1 amide bonds. The lowest BCUT2D eigenvalue weighted by molar-refractivity contribution is -0.131. The van der Waals surface area contributed by atoms with E-state index in [1.54, 1.807) is 12.1 Å². The van der Waals surface area contributed by atoms with Crippen LogP contribution in [0.3, 0.4) is 0 Å². The van der Waals surface area contributed by atoms with Crippen molar-refractivity contribution in [3.8, 4) is 5.75 Å². The molecule has 0 spiro atoms. The van der Waals surface area contributed by atoms with Gasteiger partial charge in [0.1, 0.15) is 5.75 Å². The van der Waals surface area contributed by atoms with Crippen LogP contribution in [0.1, 0.15) is 12.5 Å². The summed E-state index contributed by atoms with van der Waals surface area (Å²) in [5, 5.41) is 4.42. The van der Waals surface area contributed by atoms with Crippen molar-refractivity contribution in [2.24, 2.45) is 0 Å². The first-order valence-electron chi connectivity index (χ1n) is 5.79. The normalized spacial score (nSPS) is 10.6. The Morgan fingerprint density at radius 2 is 2.00 bits per heavy atom. The first kappa shape index (κ1) is 12.8. The lowest BCUT2D eigenvalue weighted by Crippen LogP contribution is -2.03. The van der Waals surface area contributed by atoms with Crippen LogP contribution in [0.25, 0.3) is 16.8 Å². The quantitative estimate of drug-likeness (QED) is 0.518. The Morgan fingerprint density at radius 3 is 2.74 bits per heavy atom. The van der Waals surface area contributed by atoms with Gasteiger partial charge in [-0.15, -0.1) is 0 Å². The number of ether oxygens (including phenoxy) is 1. The van der Waals surface area contributed by atoms with Crippen LogP contribution in [-0.4, -0.2) is 12.4 Å². The standard InChI is InChI=1S/C15H13NO3/c1-11(18)19-15-7-6-12-4-2-3-5-13(12)14(15)8-9-16-10-17/h2-10H,1H3,(H,16,17)/b9-8+. The monoisotopic (exact) mass is 255 g/mol. The fourth-order valence-corrected chi connectivity index (χ4v) is 1.86. The van der Waals surface area contributed by atoms with Crippen molar-refractivity contribution in [3.05, 3.63) is 48.2 Å². The van der Waals surface area contributed by atoms with E-state index >= 15 is 0 Å². The highest BCUT2D eigenvalue weighted by Gasteiger charge is 2.07. The number of benzene rings is 2. The van der Waals surface area contributed by atoms with Gasteiger partial charge >= 0.3 is 5.97 Å². The summed E-state index contributed by atoms with van der Waals surface area (Å²) in [6, 6.07) is 11.4. The smallest absolute Gasteiger partial charge is 0.308 e. The largest absolute Gasteiger partial charge is 0.426 e. The second-order valence-corrected chi connectivity index (χ2v) is 3.91. The minimum absolute atomic E-state index is 0.381. The molecule has 0 saturated heterocycles. The lowest BCUT2D eigenvalue weighted by atomic mass is 10.0. The summed E-state index contributed by atoms with van der Waals surface area (Å²) in [6.07, 6.45) is 3.78. The number of nitrogens with one attached hydrogen (secondary N) is 1. The summed E-state index contributed by atoms with van der Waals surface area (Å²) in [4.78, 5) is 21.4. The van der Waals surface area contributed by atoms with Crippen LogP contribution in [0.2, 0.25) is 0 Å². The van der Waals surface area contributed by atoms with E-state index < -0.39 is 0 Å². The van der Waals surface area contributed by atoms with E-state index in [1.165, 1.54) is 13.1 Å². The fourth-order valence-electron chi connectivity index (χ4n) is 1.86. The predicted molar refractivity (Wildman–Crippen MR) is 73.5 cm³/mol. The third-order valence-electron chi connectivity index (χ3n) is 2.60. The molecule has 96 valence electrons. The van der Waals surface area contributed by atoms with Gasteiger partial charge in [0.05, 0.1) is 0 Å². The number of hydrogen-bond acceptors (Lipinski definition) is 3. The molecule has 0 heterocycles. The minimum atomic E-state index is -0.381. The average molecular weight is 255 g/mol. The topological polar surface area (TPSA) is 55.4 Å². The fraction of sp³-hybridized carbons (Fsp3) is 0.0667. The van der Waals surface area contributed by atoms with Crippen molar-refractivity contribution >= 4 is 29.2 Å². The zero-order chi connectivity index (χ0) is 13.7. The summed E-state index contributed by atoms with van der Waals surface area (Å²) in [7, 11) is 0. The molecule has 2 aromatic rings. The molecule has 2 rings (SSSR count). The highest BCUT2D eigenvalue weighted by atomic mass is 16.5. The van der Waals surface area contributed by atoms with Crippen LogP contribution in [0.4, 0.5) is 0 Å². The number of carbonyl (C=O) groups is 2. The van der Waals surface area contributed by atoms with E-state index in [4.69, 9.17) is 4.74 Å². The first-order valence-corrected chi connectivity index (χ1v) is 5.79. The van der Waals surface area contributed by atoms with Gasteiger partial charge in [0, 0.05) is 18.7 Å². The lowest BCUT2D eigenvalue weighted by Gasteiger charge is -2.09. The zero-order valence-electron chi connectivity index (χ0n) is 10.4. The summed E-state index contributed by atoms with van der Waals surface area (Å²) >= 11 is 0. The van der Waals surface area contributed by atoms with Crippen molar-refractivity contribution in [1.29, 1.82) is 0 Å². The highest BCUT2D eigenvalue weighted by molar-refractivity contribution is 5.94. The van der Waals surface area contributed by atoms with Gasteiger partial charge in [-0.1, -0.05) is 30.3 Å². The molecule has 4 nitrogen and oxygen atoms in total. The molecule has 4 heteroatoms. The van der Waals surface area contributed by atoms with Crippen LogP contribution in [0.5, 0.6) is 5.75 Å². The number of rotatable bonds is 4. The Labute approximate surface area is 110 Å². The molecule has 0 aliphatic carbocycles. The second kappa shape index (κ2) is 5.82. The number of carbonyl (C=O) groups excluding carboxylic acids is 2. The molecule has 0 aromatic heterocycles. The highest BCUT2D eigenvalue weighted by Crippen LogP contribution is 2.29. The van der Waals surface area contributed by atoms with E-state index in [0.717, 1.165) is 16.3 Å². The molecular formula is C15H13NO3. The third-order valence-corrected chi connectivity index (χ3v) is 2.60. The van der Waals surface area contributed by atoms with Crippen molar-refractivity contribution in [1.82, 2.24) is 5.32 Å². The number of esters is 1. The Kier molecular flexibility index (Phi) is 3.93. The van der Waals surface area contributed by atoms with Crippen molar-refractivity contribution < 1.29 is 14.3 Å². The van der Waals surface area contributed by atoms with Crippen LogP contribution in [-0.2, 0) is 9.59 Å². The number of hydrogen-bond donors (Lipinski definition) is 1. The van der Waals surface area contributed by atoms with Crippen molar-refractivity contribution in [3.63, 3.8) is 0 Å². The molecule has 0 saturated carbocycles. The van der Waals surface area contributed by atoms with Crippen LogP contribution < -0.4 is 10.1 Å². The van der Waals surface area contributed by atoms with Gasteiger partial charge in [-0.05, 0) is 22.9 Å². The summed E-state index contributed by atoms with van der Waals surface area (Å²) in [5.41, 5.74) is 0.752. The summed E-state index contributed by atoms with van der Waals surface area (Å²) in [5.74, 6) is 0.0865. The predicted octanol–water partition coefficient (Wildman–Crippen LogP) is 2.48. The Bertz CT molecular complexity index is 647. The van der Waals surface area contributed by atoms with E-state index in [2.05, 4.69) is 5.32 Å². The Balaban J connectivity index is 2.57. The molecule has 0 radical (unpaired) electrons. The van der Waals surface area contributed by atoms with Gasteiger partial charge < -0.3 is 10.1 Å². The van der Waals surface area contributed by atoms with Crippen LogP contribution >= 0.6 is 0 Å². The van der Waals surface area contributed by atoms with E-state index in [-0.39, 0.29) is 5.97 Å². The maximum atomic E-state index is 11.1. The summed E-state index contributed by atoms with van der Waals surface area (Å²) < 4.78 is 5.18.